The first kappa shape index (κ1) is 17.5. The molecule has 136 valence electrons. The minimum absolute atomic E-state index is 0.0782. The van der Waals surface area contributed by atoms with Gasteiger partial charge in [0.05, 0.1) is 24.0 Å². The van der Waals surface area contributed by atoms with E-state index in [1.54, 1.807) is 23.9 Å². The van der Waals surface area contributed by atoms with Crippen LogP contribution in [0.2, 0.25) is 5.02 Å². The highest BCUT2D eigenvalue weighted by Crippen LogP contribution is 2.36. The van der Waals surface area contributed by atoms with Gasteiger partial charge in [-0.1, -0.05) is 41.1 Å². The molecule has 0 bridgehead atoms. The maximum atomic E-state index is 13.0. The molecule has 0 unspecified atom stereocenters. The molecule has 1 heterocycles. The second-order valence-corrected chi connectivity index (χ2v) is 6.87. The van der Waals surface area contributed by atoms with Gasteiger partial charge in [0, 0.05) is 11.1 Å². The molecule has 0 atom stereocenters. The molecule has 6 heteroatoms. The monoisotopic (exact) mass is 379 g/mol. The maximum Gasteiger partial charge on any atom is 0.191 e. The highest BCUT2D eigenvalue weighted by molar-refractivity contribution is 6.37. The molecular formula is C21H18ClN3O2. The van der Waals surface area contributed by atoms with Crippen LogP contribution in [0, 0.1) is 6.92 Å². The summed E-state index contributed by atoms with van der Waals surface area (Å²) < 4.78 is 6.97. The van der Waals surface area contributed by atoms with Gasteiger partial charge in [-0.05, 0) is 49.1 Å². The summed E-state index contributed by atoms with van der Waals surface area (Å²) in [5.41, 5.74) is 4.86. The molecule has 0 saturated heterocycles. The van der Waals surface area contributed by atoms with Crippen LogP contribution in [-0.4, -0.2) is 27.9 Å². The smallest absolute Gasteiger partial charge is 0.191 e. The van der Waals surface area contributed by atoms with Gasteiger partial charge >= 0.3 is 0 Å². The normalized spacial score (nSPS) is 15.1. The lowest BCUT2D eigenvalue weighted by Crippen LogP contribution is -2.15. The van der Waals surface area contributed by atoms with E-state index in [2.05, 4.69) is 10.3 Å². The van der Waals surface area contributed by atoms with Gasteiger partial charge in [-0.3, -0.25) is 4.79 Å². The fourth-order valence-corrected chi connectivity index (χ4v) is 3.70. The lowest BCUT2D eigenvalue weighted by atomic mass is 9.86. The van der Waals surface area contributed by atoms with Crippen molar-refractivity contribution in [2.75, 3.05) is 7.11 Å². The second-order valence-electron chi connectivity index (χ2n) is 6.49. The third-order valence-electron chi connectivity index (χ3n) is 4.79. The van der Waals surface area contributed by atoms with Crippen molar-refractivity contribution in [3.8, 4) is 11.4 Å². The number of ketones is 1. The van der Waals surface area contributed by atoms with Crippen LogP contribution in [0.1, 0.15) is 33.6 Å². The number of methoxy groups -OCH3 is 1. The van der Waals surface area contributed by atoms with E-state index in [1.807, 2.05) is 43.5 Å². The summed E-state index contributed by atoms with van der Waals surface area (Å²) in [5.74, 6) is 0.432. The molecule has 0 N–H and O–H groups in total. The number of carbonyl (C=O) groups excluding carboxylic acids is 1. The topological polar surface area (TPSA) is 57.0 Å². The third kappa shape index (κ3) is 3.15. The Morgan fingerprint density at radius 2 is 2.00 bits per heavy atom. The van der Waals surface area contributed by atoms with E-state index in [4.69, 9.17) is 16.3 Å². The Morgan fingerprint density at radius 3 is 2.78 bits per heavy atom. The molecule has 5 nitrogen and oxygen atoms in total. The number of benzene rings is 2. The van der Waals surface area contributed by atoms with Gasteiger partial charge in [0.25, 0.3) is 0 Å². The summed E-state index contributed by atoms with van der Waals surface area (Å²) in [5, 5.41) is 8.76. The van der Waals surface area contributed by atoms with E-state index in [-0.39, 0.29) is 5.78 Å². The SMILES string of the molecule is COc1ccc2c(c1Cl)C(=O)/C(=C\c1cn(-c3ccccc3C)nn1)CC2. The molecule has 0 spiro atoms. The number of Topliss-reactive ketones (excluding diaryl/α,β-unsaturated/α-hetero) is 1. The van der Waals surface area contributed by atoms with Crippen molar-refractivity contribution in [1.82, 2.24) is 15.0 Å². The highest BCUT2D eigenvalue weighted by atomic mass is 35.5. The molecular weight excluding hydrogens is 362 g/mol. The molecule has 1 aliphatic rings. The van der Waals surface area contributed by atoms with Crippen LogP contribution < -0.4 is 4.74 Å². The van der Waals surface area contributed by atoms with Gasteiger partial charge in [0.1, 0.15) is 11.4 Å². The van der Waals surface area contributed by atoms with E-state index < -0.39 is 0 Å². The van der Waals surface area contributed by atoms with Crippen LogP contribution >= 0.6 is 11.6 Å². The van der Waals surface area contributed by atoms with Crippen molar-refractivity contribution in [3.63, 3.8) is 0 Å². The van der Waals surface area contributed by atoms with E-state index in [0.29, 0.717) is 34.0 Å². The number of hydrogen-bond acceptors (Lipinski definition) is 4. The predicted octanol–water partition coefficient (Wildman–Crippen LogP) is 4.45. The fraction of sp³-hybridized carbons (Fsp3) is 0.190. The fourth-order valence-electron chi connectivity index (χ4n) is 3.35. The average molecular weight is 380 g/mol. The summed E-state index contributed by atoms with van der Waals surface area (Å²) in [7, 11) is 1.54. The van der Waals surface area contributed by atoms with Crippen LogP contribution in [0.5, 0.6) is 5.75 Å². The molecule has 1 aliphatic carbocycles. The number of aromatic nitrogens is 3. The number of hydrogen-bond donors (Lipinski definition) is 0. The number of halogens is 1. The van der Waals surface area contributed by atoms with Gasteiger partial charge in [0.15, 0.2) is 5.78 Å². The molecule has 2 aromatic carbocycles. The van der Waals surface area contributed by atoms with Crippen LogP contribution in [-0.2, 0) is 6.42 Å². The molecule has 4 rings (SSSR count). The number of allylic oxidation sites excluding steroid dienone is 1. The Balaban J connectivity index is 1.68. The zero-order valence-corrected chi connectivity index (χ0v) is 15.8. The zero-order chi connectivity index (χ0) is 19.0. The molecule has 3 aromatic rings. The second kappa shape index (κ2) is 7.00. The van der Waals surface area contributed by atoms with E-state index in [9.17, 15) is 4.79 Å². The van der Waals surface area contributed by atoms with Crippen LogP contribution in [0.3, 0.4) is 0 Å². The Hall–Kier alpha value is -2.92. The number of fused-ring (bicyclic) bond motifs is 1. The Labute approximate surface area is 162 Å². The Morgan fingerprint density at radius 1 is 1.19 bits per heavy atom. The van der Waals surface area contributed by atoms with Crippen molar-refractivity contribution >= 4 is 23.5 Å². The standard InChI is InChI=1S/C21H18ClN3O2/c1-13-5-3-4-6-17(13)25-12-16(23-24-25)11-15-8-7-14-9-10-18(27-2)20(22)19(14)21(15)26/h3-6,9-12H,7-8H2,1-2H3/b15-11-. The summed E-state index contributed by atoms with van der Waals surface area (Å²) in [6.45, 7) is 2.02. The first-order valence-electron chi connectivity index (χ1n) is 8.67. The molecule has 1 aromatic heterocycles. The number of carbonyl (C=O) groups is 1. The molecule has 0 amide bonds. The molecule has 0 radical (unpaired) electrons. The zero-order valence-electron chi connectivity index (χ0n) is 15.1. The summed E-state index contributed by atoms with van der Waals surface area (Å²) in [6.07, 6.45) is 5.02. The minimum Gasteiger partial charge on any atom is -0.495 e. The average Bonchev–Trinajstić information content (AvgIpc) is 3.13. The van der Waals surface area contributed by atoms with Crippen molar-refractivity contribution < 1.29 is 9.53 Å². The first-order valence-corrected chi connectivity index (χ1v) is 9.05. The third-order valence-corrected chi connectivity index (χ3v) is 5.17. The quantitative estimate of drug-likeness (QED) is 0.631. The van der Waals surface area contributed by atoms with E-state index in [1.165, 1.54) is 0 Å². The number of ether oxygens (including phenoxy) is 1. The largest absolute Gasteiger partial charge is 0.495 e. The lowest BCUT2D eigenvalue weighted by molar-refractivity contribution is 0.102. The summed E-state index contributed by atoms with van der Waals surface area (Å²) >= 11 is 6.39. The summed E-state index contributed by atoms with van der Waals surface area (Å²) in [4.78, 5) is 13.0. The number of aryl methyl sites for hydroxylation is 2. The van der Waals surface area contributed by atoms with Gasteiger partial charge in [-0.2, -0.15) is 0 Å². The van der Waals surface area contributed by atoms with Crippen molar-refractivity contribution in [2.24, 2.45) is 0 Å². The highest BCUT2D eigenvalue weighted by Gasteiger charge is 2.26. The van der Waals surface area contributed by atoms with Gasteiger partial charge in [0.2, 0.25) is 0 Å². The van der Waals surface area contributed by atoms with Crippen LogP contribution in [0.15, 0.2) is 48.2 Å². The minimum atomic E-state index is -0.0782. The molecule has 0 saturated carbocycles. The maximum absolute atomic E-state index is 13.0. The molecule has 0 fully saturated rings. The van der Waals surface area contributed by atoms with Gasteiger partial charge in [-0.25, -0.2) is 4.68 Å². The van der Waals surface area contributed by atoms with Gasteiger partial charge < -0.3 is 4.74 Å². The number of nitrogens with zero attached hydrogens (tertiary/aromatic N) is 3. The van der Waals surface area contributed by atoms with Gasteiger partial charge in [-0.15, -0.1) is 5.10 Å². The predicted molar refractivity (Wildman–Crippen MR) is 105 cm³/mol. The van der Waals surface area contributed by atoms with Crippen molar-refractivity contribution in [3.05, 3.63) is 75.6 Å². The molecule has 27 heavy (non-hydrogen) atoms. The van der Waals surface area contributed by atoms with E-state index in [0.717, 1.165) is 23.2 Å². The summed E-state index contributed by atoms with van der Waals surface area (Å²) in [6, 6.07) is 11.6. The van der Waals surface area contributed by atoms with E-state index >= 15 is 0 Å². The van der Waals surface area contributed by atoms with Crippen molar-refractivity contribution in [2.45, 2.75) is 19.8 Å². The first-order chi connectivity index (χ1) is 13.1. The van der Waals surface area contributed by atoms with Crippen LogP contribution in [0.4, 0.5) is 0 Å². The number of rotatable bonds is 3. The van der Waals surface area contributed by atoms with Crippen LogP contribution in [0.25, 0.3) is 11.8 Å². The lowest BCUT2D eigenvalue weighted by Gasteiger charge is -2.19. The Kier molecular flexibility index (Phi) is 4.54. The number of para-hydroxylation sites is 1. The Bertz CT molecular complexity index is 1070. The van der Waals surface area contributed by atoms with Crippen molar-refractivity contribution in [1.29, 1.82) is 0 Å². The molecule has 0 aliphatic heterocycles.